The van der Waals surface area contributed by atoms with Gasteiger partial charge in [-0.3, -0.25) is 4.99 Å². The summed E-state index contributed by atoms with van der Waals surface area (Å²) < 4.78 is 0. The molecule has 2 rings (SSSR count). The molecule has 1 aromatic carbocycles. The van der Waals surface area contributed by atoms with Gasteiger partial charge in [0.15, 0.2) is 0 Å². The average Bonchev–Trinajstić information content (AvgIpc) is 2.72. The molecule has 0 aliphatic rings. The first kappa shape index (κ1) is 11.4. The molecule has 0 atom stereocenters. The molecule has 0 spiro atoms. The number of H-pyrrole nitrogens is 1. The number of carbonyl (C=O) groups is 1. The molecule has 0 aliphatic heterocycles. The summed E-state index contributed by atoms with van der Waals surface area (Å²) >= 11 is 0. The Labute approximate surface area is 99.0 Å². The molecule has 0 saturated heterocycles. The van der Waals surface area contributed by atoms with Gasteiger partial charge < -0.3 is 10.1 Å². The van der Waals surface area contributed by atoms with Crippen LogP contribution in [0, 0.1) is 0 Å². The monoisotopic (exact) mass is 230 g/mol. The van der Waals surface area contributed by atoms with Crippen molar-refractivity contribution in [2.75, 3.05) is 6.54 Å². The molecule has 88 valence electrons. The van der Waals surface area contributed by atoms with Gasteiger partial charge in [0, 0.05) is 23.6 Å². The van der Waals surface area contributed by atoms with Crippen LogP contribution < -0.4 is 0 Å². The lowest BCUT2D eigenvalue weighted by molar-refractivity contribution is -0.129. The van der Waals surface area contributed by atoms with Gasteiger partial charge in [0.05, 0.1) is 0 Å². The van der Waals surface area contributed by atoms with Crippen molar-refractivity contribution in [2.24, 2.45) is 4.99 Å². The van der Waals surface area contributed by atoms with Gasteiger partial charge in [0.25, 0.3) is 0 Å². The predicted molar refractivity (Wildman–Crippen MR) is 67.6 cm³/mol. The number of rotatable bonds is 4. The van der Waals surface area contributed by atoms with E-state index >= 15 is 0 Å². The third-order valence-corrected chi connectivity index (χ3v) is 2.71. The second-order valence-corrected chi connectivity index (χ2v) is 3.88. The molecule has 1 heterocycles. The molecular formula is C13H14N2O2. The summed E-state index contributed by atoms with van der Waals surface area (Å²) in [5.74, 6) is -0.955. The fourth-order valence-corrected chi connectivity index (χ4v) is 1.75. The van der Waals surface area contributed by atoms with Gasteiger partial charge in [-0.15, -0.1) is 0 Å². The van der Waals surface area contributed by atoms with Gasteiger partial charge in [-0.1, -0.05) is 18.2 Å². The molecular weight excluding hydrogens is 216 g/mol. The number of aliphatic carboxylic acids is 1. The number of fused-ring (bicyclic) bond motifs is 1. The SMILES string of the molecule is CC(=NCCc1c[nH]c2ccccc12)C(=O)O. The van der Waals surface area contributed by atoms with E-state index in [2.05, 4.69) is 16.0 Å². The van der Waals surface area contributed by atoms with Crippen LogP contribution in [-0.2, 0) is 11.2 Å². The Bertz CT molecular complexity index is 570. The molecule has 4 heteroatoms. The van der Waals surface area contributed by atoms with E-state index in [1.165, 1.54) is 17.9 Å². The van der Waals surface area contributed by atoms with Gasteiger partial charge in [0.2, 0.25) is 0 Å². The molecule has 0 bridgehead atoms. The maximum Gasteiger partial charge on any atom is 0.349 e. The molecule has 0 radical (unpaired) electrons. The number of nitrogens with zero attached hydrogens (tertiary/aromatic N) is 1. The number of carboxylic acid groups (broad SMARTS) is 1. The van der Waals surface area contributed by atoms with Gasteiger partial charge in [-0.05, 0) is 25.0 Å². The first-order chi connectivity index (χ1) is 8.18. The van der Waals surface area contributed by atoms with E-state index in [4.69, 9.17) is 5.11 Å². The Morgan fingerprint density at radius 3 is 2.94 bits per heavy atom. The molecule has 2 N–H and O–H groups in total. The number of para-hydroxylation sites is 1. The van der Waals surface area contributed by atoms with Crippen molar-refractivity contribution in [2.45, 2.75) is 13.3 Å². The quantitative estimate of drug-likeness (QED) is 0.791. The Balaban J connectivity index is 2.10. The molecule has 0 unspecified atom stereocenters. The van der Waals surface area contributed by atoms with Crippen molar-refractivity contribution in [3.63, 3.8) is 0 Å². The van der Waals surface area contributed by atoms with Crippen LogP contribution in [0.15, 0.2) is 35.5 Å². The van der Waals surface area contributed by atoms with E-state index in [-0.39, 0.29) is 5.71 Å². The van der Waals surface area contributed by atoms with Crippen LogP contribution in [0.1, 0.15) is 12.5 Å². The minimum atomic E-state index is -0.955. The number of aromatic amines is 1. The second kappa shape index (κ2) is 4.82. The smallest absolute Gasteiger partial charge is 0.349 e. The zero-order chi connectivity index (χ0) is 12.3. The van der Waals surface area contributed by atoms with Crippen molar-refractivity contribution >= 4 is 22.6 Å². The number of hydrogen-bond donors (Lipinski definition) is 2. The van der Waals surface area contributed by atoms with Crippen LogP contribution in [-0.4, -0.2) is 28.3 Å². The highest BCUT2D eigenvalue weighted by atomic mass is 16.4. The minimum Gasteiger partial charge on any atom is -0.477 e. The summed E-state index contributed by atoms with van der Waals surface area (Å²) in [7, 11) is 0. The fraction of sp³-hybridized carbons (Fsp3) is 0.231. The maximum atomic E-state index is 10.6. The van der Waals surface area contributed by atoms with E-state index in [1.807, 2.05) is 24.4 Å². The van der Waals surface area contributed by atoms with Gasteiger partial charge >= 0.3 is 5.97 Å². The summed E-state index contributed by atoms with van der Waals surface area (Å²) in [5, 5.41) is 9.85. The third-order valence-electron chi connectivity index (χ3n) is 2.71. The lowest BCUT2D eigenvalue weighted by Crippen LogP contribution is -2.09. The van der Waals surface area contributed by atoms with Gasteiger partial charge in [0.1, 0.15) is 5.71 Å². The van der Waals surface area contributed by atoms with Crippen molar-refractivity contribution in [1.29, 1.82) is 0 Å². The normalized spacial score (nSPS) is 11.9. The minimum absolute atomic E-state index is 0.157. The summed E-state index contributed by atoms with van der Waals surface area (Å²) in [5.41, 5.74) is 2.42. The largest absolute Gasteiger partial charge is 0.477 e. The topological polar surface area (TPSA) is 65.5 Å². The zero-order valence-corrected chi connectivity index (χ0v) is 9.60. The first-order valence-corrected chi connectivity index (χ1v) is 5.48. The van der Waals surface area contributed by atoms with Crippen LogP contribution in [0.4, 0.5) is 0 Å². The Morgan fingerprint density at radius 2 is 2.18 bits per heavy atom. The molecule has 0 amide bonds. The molecule has 0 aliphatic carbocycles. The standard InChI is InChI=1S/C13H14N2O2/c1-9(13(16)17)14-7-6-10-8-15-12-5-3-2-4-11(10)12/h2-5,8,15H,6-7H2,1H3,(H,16,17). The van der Waals surface area contributed by atoms with Crippen LogP contribution >= 0.6 is 0 Å². The number of aromatic nitrogens is 1. The van der Waals surface area contributed by atoms with Crippen molar-refractivity contribution < 1.29 is 9.90 Å². The molecule has 17 heavy (non-hydrogen) atoms. The van der Waals surface area contributed by atoms with Crippen LogP contribution in [0.5, 0.6) is 0 Å². The van der Waals surface area contributed by atoms with Crippen LogP contribution in [0.25, 0.3) is 10.9 Å². The van der Waals surface area contributed by atoms with Gasteiger partial charge in [-0.25, -0.2) is 4.79 Å². The van der Waals surface area contributed by atoms with Crippen molar-refractivity contribution in [3.05, 3.63) is 36.0 Å². The highest BCUT2D eigenvalue weighted by Crippen LogP contribution is 2.17. The number of hydrogen-bond acceptors (Lipinski definition) is 2. The summed E-state index contributed by atoms with van der Waals surface area (Å²) in [6.45, 7) is 2.01. The van der Waals surface area contributed by atoms with E-state index in [9.17, 15) is 4.79 Å². The van der Waals surface area contributed by atoms with E-state index in [1.54, 1.807) is 0 Å². The summed E-state index contributed by atoms with van der Waals surface area (Å²) in [6.07, 6.45) is 2.70. The van der Waals surface area contributed by atoms with Gasteiger partial charge in [-0.2, -0.15) is 0 Å². The molecule has 1 aromatic heterocycles. The van der Waals surface area contributed by atoms with E-state index in [0.29, 0.717) is 6.54 Å². The van der Waals surface area contributed by atoms with Crippen LogP contribution in [0.3, 0.4) is 0 Å². The van der Waals surface area contributed by atoms with Crippen LogP contribution in [0.2, 0.25) is 0 Å². The lowest BCUT2D eigenvalue weighted by atomic mass is 10.1. The lowest BCUT2D eigenvalue weighted by Gasteiger charge is -1.97. The van der Waals surface area contributed by atoms with Crippen molar-refractivity contribution in [3.8, 4) is 0 Å². The Morgan fingerprint density at radius 1 is 1.41 bits per heavy atom. The highest BCUT2D eigenvalue weighted by Gasteiger charge is 2.03. The summed E-state index contributed by atoms with van der Waals surface area (Å²) in [4.78, 5) is 17.8. The molecule has 2 aromatic rings. The summed E-state index contributed by atoms with van der Waals surface area (Å²) in [6, 6.07) is 8.04. The maximum absolute atomic E-state index is 10.6. The molecule has 0 fully saturated rings. The van der Waals surface area contributed by atoms with Crippen molar-refractivity contribution in [1.82, 2.24) is 4.98 Å². The van der Waals surface area contributed by atoms with E-state index < -0.39 is 5.97 Å². The average molecular weight is 230 g/mol. The Kier molecular flexibility index (Phi) is 3.23. The van der Waals surface area contributed by atoms with E-state index in [0.717, 1.165) is 11.9 Å². The predicted octanol–water partition coefficient (Wildman–Crippen LogP) is 2.26. The third kappa shape index (κ3) is 2.53. The molecule has 0 saturated carbocycles. The number of aliphatic imine (C=N–C) groups is 1. The fourth-order valence-electron chi connectivity index (χ4n) is 1.75. The first-order valence-electron chi connectivity index (χ1n) is 5.48. The number of nitrogens with one attached hydrogen (secondary N) is 1. The number of benzene rings is 1. The highest BCUT2D eigenvalue weighted by molar-refractivity contribution is 6.34. The Hall–Kier alpha value is -2.10. The second-order valence-electron chi connectivity index (χ2n) is 3.88. The molecule has 4 nitrogen and oxygen atoms in total. The zero-order valence-electron chi connectivity index (χ0n) is 9.60. The number of carboxylic acids is 1.